The van der Waals surface area contributed by atoms with Crippen LogP contribution in [0, 0.1) is 0 Å². The molecule has 0 amide bonds. The molecular formula is C20H19N5O2S. The first-order chi connectivity index (χ1) is 13.7. The van der Waals surface area contributed by atoms with Crippen LogP contribution in [-0.2, 0) is 12.2 Å². The number of methoxy groups -OCH3 is 1. The van der Waals surface area contributed by atoms with Gasteiger partial charge < -0.3 is 15.0 Å². The average molecular weight is 393 g/mol. The minimum atomic E-state index is 0.519. The van der Waals surface area contributed by atoms with Crippen molar-refractivity contribution in [2.24, 2.45) is 0 Å². The Morgan fingerprint density at radius 3 is 2.61 bits per heavy atom. The molecule has 0 radical (unpaired) electrons. The van der Waals surface area contributed by atoms with Gasteiger partial charge in [0, 0.05) is 12.0 Å². The van der Waals surface area contributed by atoms with E-state index in [1.54, 1.807) is 13.3 Å². The van der Waals surface area contributed by atoms with E-state index in [-0.39, 0.29) is 0 Å². The summed E-state index contributed by atoms with van der Waals surface area (Å²) in [6, 6.07) is 17.7. The maximum Gasteiger partial charge on any atom is 0.210 e. The highest BCUT2D eigenvalue weighted by Crippen LogP contribution is 2.25. The SMILES string of the molecule is COc1ccc(Cc2nnc(SCc3ncc(-c4ccccc4)o3)n2N)cc1. The highest BCUT2D eigenvalue weighted by molar-refractivity contribution is 7.98. The first kappa shape index (κ1) is 18.1. The van der Waals surface area contributed by atoms with Gasteiger partial charge in [0.1, 0.15) is 5.75 Å². The first-order valence-corrected chi connectivity index (χ1v) is 9.66. The van der Waals surface area contributed by atoms with Gasteiger partial charge in [-0.2, -0.15) is 0 Å². The minimum absolute atomic E-state index is 0.519. The molecule has 0 saturated carbocycles. The molecule has 142 valence electrons. The van der Waals surface area contributed by atoms with E-state index >= 15 is 0 Å². The molecule has 0 aliphatic carbocycles. The predicted molar refractivity (Wildman–Crippen MR) is 107 cm³/mol. The van der Waals surface area contributed by atoms with Crippen molar-refractivity contribution in [1.82, 2.24) is 19.9 Å². The zero-order valence-corrected chi connectivity index (χ0v) is 16.1. The third-order valence-electron chi connectivity index (χ3n) is 4.19. The Balaban J connectivity index is 1.40. The van der Waals surface area contributed by atoms with Gasteiger partial charge in [-0.3, -0.25) is 0 Å². The third kappa shape index (κ3) is 4.01. The van der Waals surface area contributed by atoms with Crippen molar-refractivity contribution in [1.29, 1.82) is 0 Å². The largest absolute Gasteiger partial charge is 0.497 e. The van der Waals surface area contributed by atoms with Crippen LogP contribution in [0.4, 0.5) is 0 Å². The van der Waals surface area contributed by atoms with Gasteiger partial charge in [0.15, 0.2) is 11.6 Å². The van der Waals surface area contributed by atoms with Gasteiger partial charge in [0.05, 0.1) is 19.1 Å². The monoisotopic (exact) mass is 393 g/mol. The summed E-state index contributed by atoms with van der Waals surface area (Å²) < 4.78 is 12.5. The van der Waals surface area contributed by atoms with Crippen LogP contribution in [0.15, 0.2) is 70.4 Å². The number of aromatic nitrogens is 4. The molecule has 0 aliphatic heterocycles. The topological polar surface area (TPSA) is 92.0 Å². The molecule has 2 aromatic heterocycles. The molecule has 28 heavy (non-hydrogen) atoms. The van der Waals surface area contributed by atoms with Gasteiger partial charge >= 0.3 is 0 Å². The number of nitrogen functional groups attached to an aromatic ring is 1. The van der Waals surface area contributed by atoms with Crippen molar-refractivity contribution in [2.75, 3.05) is 13.0 Å². The molecule has 0 saturated heterocycles. The fraction of sp³-hybridized carbons (Fsp3) is 0.150. The van der Waals surface area contributed by atoms with Crippen LogP contribution in [0.25, 0.3) is 11.3 Å². The molecule has 0 unspecified atom stereocenters. The molecule has 4 aromatic rings. The molecule has 0 spiro atoms. The van der Waals surface area contributed by atoms with Gasteiger partial charge in [-0.25, -0.2) is 9.66 Å². The van der Waals surface area contributed by atoms with Crippen molar-refractivity contribution in [3.63, 3.8) is 0 Å². The Morgan fingerprint density at radius 2 is 1.86 bits per heavy atom. The molecule has 2 N–H and O–H groups in total. The number of hydrogen-bond acceptors (Lipinski definition) is 7. The van der Waals surface area contributed by atoms with Crippen LogP contribution in [-0.4, -0.2) is 27.0 Å². The number of rotatable bonds is 7. The number of ether oxygens (including phenoxy) is 1. The quantitative estimate of drug-likeness (QED) is 0.379. The normalized spacial score (nSPS) is 10.9. The van der Waals surface area contributed by atoms with Crippen LogP contribution in [0.5, 0.6) is 5.75 Å². The summed E-state index contributed by atoms with van der Waals surface area (Å²) in [5, 5.41) is 9.00. The van der Waals surface area contributed by atoms with Crippen molar-refractivity contribution >= 4 is 11.8 Å². The lowest BCUT2D eigenvalue weighted by atomic mass is 10.1. The predicted octanol–water partition coefficient (Wildman–Crippen LogP) is 3.54. The van der Waals surface area contributed by atoms with Crippen molar-refractivity contribution in [3.8, 4) is 17.1 Å². The van der Waals surface area contributed by atoms with Crippen molar-refractivity contribution in [3.05, 3.63) is 78.1 Å². The van der Waals surface area contributed by atoms with Crippen LogP contribution >= 0.6 is 11.8 Å². The number of nitrogens with zero attached hydrogens (tertiary/aromatic N) is 4. The summed E-state index contributed by atoms with van der Waals surface area (Å²) in [7, 11) is 1.64. The number of thioether (sulfide) groups is 1. The highest BCUT2D eigenvalue weighted by Gasteiger charge is 2.13. The number of hydrogen-bond donors (Lipinski definition) is 1. The minimum Gasteiger partial charge on any atom is -0.497 e. The van der Waals surface area contributed by atoms with Gasteiger partial charge in [-0.15, -0.1) is 10.2 Å². The van der Waals surface area contributed by atoms with Gasteiger partial charge in [-0.1, -0.05) is 54.2 Å². The molecule has 7 nitrogen and oxygen atoms in total. The lowest BCUT2D eigenvalue weighted by Crippen LogP contribution is -2.14. The Hall–Kier alpha value is -3.26. The van der Waals surface area contributed by atoms with Crippen LogP contribution in [0.3, 0.4) is 0 Å². The number of oxazole rings is 1. The average Bonchev–Trinajstić information content (AvgIpc) is 3.35. The smallest absolute Gasteiger partial charge is 0.210 e. The van der Waals surface area contributed by atoms with Crippen molar-refractivity contribution in [2.45, 2.75) is 17.3 Å². The lowest BCUT2D eigenvalue weighted by molar-refractivity contribution is 0.414. The summed E-state index contributed by atoms with van der Waals surface area (Å²) >= 11 is 1.43. The zero-order chi connectivity index (χ0) is 19.3. The van der Waals surface area contributed by atoms with E-state index in [0.717, 1.165) is 22.6 Å². The summed E-state index contributed by atoms with van der Waals surface area (Å²) in [6.45, 7) is 0. The van der Waals surface area contributed by atoms with E-state index < -0.39 is 0 Å². The van der Waals surface area contributed by atoms with E-state index in [9.17, 15) is 0 Å². The fourth-order valence-corrected chi connectivity index (χ4v) is 3.42. The van der Waals surface area contributed by atoms with Gasteiger partial charge in [0.25, 0.3) is 0 Å². The fourth-order valence-electron chi connectivity index (χ4n) is 2.69. The van der Waals surface area contributed by atoms with E-state index in [4.69, 9.17) is 15.0 Å². The van der Waals surface area contributed by atoms with Crippen LogP contribution < -0.4 is 10.6 Å². The number of benzene rings is 2. The maximum atomic E-state index is 6.16. The molecule has 8 heteroatoms. The Labute approximate surface area is 166 Å². The van der Waals surface area contributed by atoms with E-state index in [2.05, 4.69) is 15.2 Å². The number of nitrogens with two attached hydrogens (primary N) is 1. The van der Waals surface area contributed by atoms with Gasteiger partial charge in [0.2, 0.25) is 11.0 Å². The van der Waals surface area contributed by atoms with E-state index in [1.807, 2.05) is 54.6 Å². The van der Waals surface area contributed by atoms with Crippen LogP contribution in [0.2, 0.25) is 0 Å². The summed E-state index contributed by atoms with van der Waals surface area (Å²) in [5.74, 6) is 9.54. The Bertz CT molecular complexity index is 1040. The molecular weight excluding hydrogens is 374 g/mol. The van der Waals surface area contributed by atoms with E-state index in [1.165, 1.54) is 16.4 Å². The highest BCUT2D eigenvalue weighted by atomic mass is 32.2. The lowest BCUT2D eigenvalue weighted by Gasteiger charge is -2.04. The Kier molecular flexibility index (Phi) is 5.29. The molecule has 2 heterocycles. The summed E-state index contributed by atoms with van der Waals surface area (Å²) in [5.41, 5.74) is 2.08. The maximum absolute atomic E-state index is 6.16. The molecule has 0 aliphatic rings. The molecule has 2 aromatic carbocycles. The van der Waals surface area contributed by atoms with Crippen LogP contribution in [0.1, 0.15) is 17.3 Å². The molecule has 4 rings (SSSR count). The third-order valence-corrected chi connectivity index (χ3v) is 5.12. The summed E-state index contributed by atoms with van der Waals surface area (Å²) in [4.78, 5) is 4.33. The second-order valence-electron chi connectivity index (χ2n) is 6.07. The molecule has 0 fully saturated rings. The first-order valence-electron chi connectivity index (χ1n) is 8.68. The molecule has 0 atom stereocenters. The second-order valence-corrected chi connectivity index (χ2v) is 7.01. The second kappa shape index (κ2) is 8.18. The Morgan fingerprint density at radius 1 is 1.07 bits per heavy atom. The zero-order valence-electron chi connectivity index (χ0n) is 15.3. The van der Waals surface area contributed by atoms with Crippen molar-refractivity contribution < 1.29 is 9.15 Å². The molecule has 0 bridgehead atoms. The van der Waals surface area contributed by atoms with Gasteiger partial charge in [-0.05, 0) is 17.7 Å². The van der Waals surface area contributed by atoms with E-state index in [0.29, 0.717) is 29.0 Å². The standard InChI is InChI=1S/C20H19N5O2S/c1-26-16-9-7-14(8-10-16)11-18-23-24-20(25(18)21)28-13-19-22-12-17(27-19)15-5-3-2-4-6-15/h2-10,12H,11,13,21H2,1H3. The summed E-state index contributed by atoms with van der Waals surface area (Å²) in [6.07, 6.45) is 2.32.